The number of nitrogens with zero attached hydrogens (tertiary/aromatic N) is 2. The third-order valence-electron chi connectivity index (χ3n) is 4.06. The molecule has 3 rings (SSSR count). The quantitative estimate of drug-likeness (QED) is 0.817. The number of aromatic nitrogens is 2. The lowest BCUT2D eigenvalue weighted by molar-refractivity contribution is -0.104. The van der Waals surface area contributed by atoms with E-state index < -0.39 is 0 Å². The molecule has 0 amide bonds. The highest BCUT2D eigenvalue weighted by Crippen LogP contribution is 2.38. The van der Waals surface area contributed by atoms with Crippen LogP contribution in [0.5, 0.6) is 0 Å². The molecule has 0 radical (unpaired) electrons. The fourth-order valence-electron chi connectivity index (χ4n) is 2.96. The number of nitrogens with two attached hydrogens (primary N) is 1. The van der Waals surface area contributed by atoms with Gasteiger partial charge < -0.3 is 15.8 Å². The minimum absolute atomic E-state index is 0.164. The van der Waals surface area contributed by atoms with Gasteiger partial charge in [-0.1, -0.05) is 0 Å². The zero-order valence-electron chi connectivity index (χ0n) is 10.9. The Balaban J connectivity index is 1.74. The van der Waals surface area contributed by atoms with Crippen LogP contribution in [0.15, 0.2) is 6.20 Å². The number of hydrogen-bond donors (Lipinski definition) is 2. The number of aryl methyl sites for hydroxylation is 2. The molecule has 1 saturated carbocycles. The van der Waals surface area contributed by atoms with Crippen molar-refractivity contribution in [1.82, 2.24) is 9.97 Å². The number of anilines is 1. The second-order valence-electron chi connectivity index (χ2n) is 5.33. The predicted molar refractivity (Wildman–Crippen MR) is 69.4 cm³/mol. The molecule has 2 fully saturated rings. The van der Waals surface area contributed by atoms with Gasteiger partial charge in [0.1, 0.15) is 5.82 Å². The lowest BCUT2D eigenvalue weighted by Gasteiger charge is -2.52. The molecule has 1 aliphatic carbocycles. The maximum Gasteiger partial charge on any atom is 0.148 e. The summed E-state index contributed by atoms with van der Waals surface area (Å²) in [6.07, 6.45) is 4.34. The summed E-state index contributed by atoms with van der Waals surface area (Å²) >= 11 is 0. The van der Waals surface area contributed by atoms with Gasteiger partial charge in [0.25, 0.3) is 0 Å². The largest absolute Gasteiger partial charge is 0.376 e. The Morgan fingerprint density at radius 1 is 1.44 bits per heavy atom. The van der Waals surface area contributed by atoms with E-state index in [1.165, 1.54) is 6.42 Å². The van der Waals surface area contributed by atoms with E-state index in [4.69, 9.17) is 10.5 Å². The molecule has 4 unspecified atom stereocenters. The molecule has 0 aromatic carbocycles. The van der Waals surface area contributed by atoms with Gasteiger partial charge in [0, 0.05) is 24.8 Å². The number of hydrogen-bond acceptors (Lipinski definition) is 5. The molecule has 5 heteroatoms. The van der Waals surface area contributed by atoms with Gasteiger partial charge in [-0.15, -0.1) is 0 Å². The van der Waals surface area contributed by atoms with Crippen LogP contribution in [0, 0.1) is 19.8 Å². The van der Waals surface area contributed by atoms with E-state index in [1.54, 1.807) is 6.20 Å². The van der Waals surface area contributed by atoms with Crippen LogP contribution < -0.4 is 11.1 Å². The van der Waals surface area contributed by atoms with E-state index in [2.05, 4.69) is 15.3 Å². The summed E-state index contributed by atoms with van der Waals surface area (Å²) in [5.41, 5.74) is 8.05. The van der Waals surface area contributed by atoms with E-state index in [-0.39, 0.29) is 18.2 Å². The van der Waals surface area contributed by atoms with Crippen molar-refractivity contribution in [2.24, 2.45) is 11.7 Å². The van der Waals surface area contributed by atoms with Crippen LogP contribution in [-0.4, -0.2) is 34.8 Å². The SMILES string of the molecule is Cc1cnc(C)c(NC2C(N)C3CCCOC32)n1. The van der Waals surface area contributed by atoms with Crippen molar-refractivity contribution < 1.29 is 4.74 Å². The van der Waals surface area contributed by atoms with Crippen LogP contribution in [0.4, 0.5) is 5.82 Å². The van der Waals surface area contributed by atoms with E-state index >= 15 is 0 Å². The highest BCUT2D eigenvalue weighted by molar-refractivity contribution is 5.43. The van der Waals surface area contributed by atoms with Gasteiger partial charge in [0.05, 0.1) is 23.5 Å². The standard InChI is InChI=1S/C13H20N4O/c1-7-6-15-8(2)13(16-7)17-11-10(14)9-4-3-5-18-12(9)11/h6,9-12H,3-5,14H2,1-2H3,(H,16,17). The molecular formula is C13H20N4O. The summed E-state index contributed by atoms with van der Waals surface area (Å²) in [5, 5.41) is 3.41. The van der Waals surface area contributed by atoms with Crippen molar-refractivity contribution in [2.45, 2.75) is 44.9 Å². The summed E-state index contributed by atoms with van der Waals surface area (Å²) in [7, 11) is 0. The number of nitrogens with one attached hydrogen (secondary N) is 1. The minimum atomic E-state index is 0.164. The zero-order valence-corrected chi connectivity index (χ0v) is 10.9. The Kier molecular flexibility index (Phi) is 2.95. The molecule has 1 aromatic rings. The molecular weight excluding hydrogens is 228 g/mol. The minimum Gasteiger partial charge on any atom is -0.376 e. The molecule has 3 N–H and O–H groups in total. The molecule has 1 saturated heterocycles. The summed E-state index contributed by atoms with van der Waals surface area (Å²) in [5.74, 6) is 1.34. The van der Waals surface area contributed by atoms with Gasteiger partial charge in [-0.05, 0) is 26.7 Å². The molecule has 0 spiro atoms. The van der Waals surface area contributed by atoms with Gasteiger partial charge in [-0.3, -0.25) is 4.98 Å². The predicted octanol–water partition coefficient (Wildman–Crippen LogP) is 1.01. The lowest BCUT2D eigenvalue weighted by Crippen LogP contribution is -2.69. The second kappa shape index (κ2) is 4.48. The summed E-state index contributed by atoms with van der Waals surface area (Å²) < 4.78 is 5.81. The highest BCUT2D eigenvalue weighted by atomic mass is 16.5. The molecule has 1 aromatic heterocycles. The summed E-state index contributed by atoms with van der Waals surface area (Å²) in [4.78, 5) is 8.79. The van der Waals surface area contributed by atoms with Gasteiger partial charge in [0.15, 0.2) is 0 Å². The molecule has 4 atom stereocenters. The Bertz CT molecular complexity index is 451. The normalized spacial score (nSPS) is 34.6. The van der Waals surface area contributed by atoms with Gasteiger partial charge >= 0.3 is 0 Å². The third kappa shape index (κ3) is 1.87. The summed E-state index contributed by atoms with van der Waals surface area (Å²) in [6, 6.07) is 0.335. The molecule has 0 bridgehead atoms. The average Bonchev–Trinajstić information content (AvgIpc) is 2.39. The van der Waals surface area contributed by atoms with E-state index in [1.807, 2.05) is 13.8 Å². The second-order valence-corrected chi connectivity index (χ2v) is 5.33. The van der Waals surface area contributed by atoms with Gasteiger partial charge in [0.2, 0.25) is 0 Å². The van der Waals surface area contributed by atoms with E-state index in [0.29, 0.717) is 5.92 Å². The Morgan fingerprint density at radius 3 is 3.11 bits per heavy atom. The molecule has 5 nitrogen and oxygen atoms in total. The molecule has 2 aliphatic rings. The maximum atomic E-state index is 6.22. The van der Waals surface area contributed by atoms with Crippen LogP contribution in [0.25, 0.3) is 0 Å². The molecule has 18 heavy (non-hydrogen) atoms. The monoisotopic (exact) mass is 248 g/mol. The first-order valence-corrected chi connectivity index (χ1v) is 6.61. The van der Waals surface area contributed by atoms with Gasteiger partial charge in [-0.2, -0.15) is 0 Å². The molecule has 2 heterocycles. The van der Waals surface area contributed by atoms with Crippen LogP contribution in [0.3, 0.4) is 0 Å². The van der Waals surface area contributed by atoms with Gasteiger partial charge in [-0.25, -0.2) is 4.98 Å². The number of rotatable bonds is 2. The van der Waals surface area contributed by atoms with E-state index in [0.717, 1.165) is 30.2 Å². The Hall–Kier alpha value is -1.20. The smallest absolute Gasteiger partial charge is 0.148 e. The van der Waals surface area contributed by atoms with Crippen LogP contribution in [0.1, 0.15) is 24.2 Å². The number of fused-ring (bicyclic) bond motifs is 1. The van der Waals surface area contributed by atoms with Crippen LogP contribution in [-0.2, 0) is 4.74 Å². The fourth-order valence-corrected chi connectivity index (χ4v) is 2.96. The van der Waals surface area contributed by atoms with Crippen molar-refractivity contribution in [2.75, 3.05) is 11.9 Å². The van der Waals surface area contributed by atoms with Crippen molar-refractivity contribution in [1.29, 1.82) is 0 Å². The van der Waals surface area contributed by atoms with Crippen LogP contribution >= 0.6 is 0 Å². The summed E-state index contributed by atoms with van der Waals surface area (Å²) in [6.45, 7) is 4.75. The van der Waals surface area contributed by atoms with Crippen molar-refractivity contribution in [3.8, 4) is 0 Å². The first-order valence-electron chi connectivity index (χ1n) is 6.61. The topological polar surface area (TPSA) is 73.1 Å². The molecule has 98 valence electrons. The maximum absolute atomic E-state index is 6.22. The Labute approximate surface area is 107 Å². The number of ether oxygens (including phenoxy) is 1. The van der Waals surface area contributed by atoms with Crippen molar-refractivity contribution in [3.05, 3.63) is 17.6 Å². The lowest BCUT2D eigenvalue weighted by atomic mass is 9.68. The third-order valence-corrected chi connectivity index (χ3v) is 4.06. The van der Waals surface area contributed by atoms with Crippen molar-refractivity contribution >= 4 is 5.82 Å². The highest BCUT2D eigenvalue weighted by Gasteiger charge is 2.50. The zero-order chi connectivity index (χ0) is 12.7. The van der Waals surface area contributed by atoms with Crippen molar-refractivity contribution in [3.63, 3.8) is 0 Å². The fraction of sp³-hybridized carbons (Fsp3) is 0.692. The first-order chi connectivity index (χ1) is 8.66. The first kappa shape index (κ1) is 11.9. The Morgan fingerprint density at radius 2 is 2.28 bits per heavy atom. The van der Waals surface area contributed by atoms with E-state index in [9.17, 15) is 0 Å². The molecule has 1 aliphatic heterocycles. The average molecular weight is 248 g/mol. The van der Waals surface area contributed by atoms with Crippen LogP contribution in [0.2, 0.25) is 0 Å².